The van der Waals surface area contributed by atoms with Crippen LogP contribution in [-0.4, -0.2) is 8.42 Å². The number of hydrogen-bond acceptors (Lipinski definition) is 3. The van der Waals surface area contributed by atoms with Crippen LogP contribution in [0.2, 0.25) is 0 Å². The van der Waals surface area contributed by atoms with E-state index in [4.69, 9.17) is 0 Å². The molecule has 7 heteroatoms. The lowest BCUT2D eigenvalue weighted by Gasteiger charge is -2.14. The van der Waals surface area contributed by atoms with Crippen molar-refractivity contribution in [2.75, 3.05) is 0 Å². The Morgan fingerprint density at radius 1 is 1.35 bits per heavy atom. The summed E-state index contributed by atoms with van der Waals surface area (Å²) in [6.45, 7) is 3.44. The van der Waals surface area contributed by atoms with Crippen LogP contribution in [-0.2, 0) is 10.0 Å². The summed E-state index contributed by atoms with van der Waals surface area (Å²) in [6.07, 6.45) is 0. The van der Waals surface area contributed by atoms with E-state index in [9.17, 15) is 12.8 Å². The van der Waals surface area contributed by atoms with Crippen LogP contribution in [0.5, 0.6) is 0 Å². The van der Waals surface area contributed by atoms with Gasteiger partial charge in [0, 0.05) is 11.6 Å². The Morgan fingerprint density at radius 3 is 2.55 bits per heavy atom. The highest BCUT2D eigenvalue weighted by Crippen LogP contribution is 2.31. The Hall–Kier alpha value is -0.760. The summed E-state index contributed by atoms with van der Waals surface area (Å²) in [5.41, 5.74) is 1.18. The third-order valence-corrected chi connectivity index (χ3v) is 6.95. The van der Waals surface area contributed by atoms with Gasteiger partial charge in [-0.1, -0.05) is 18.2 Å². The van der Waals surface area contributed by atoms with Gasteiger partial charge in [-0.3, -0.25) is 0 Å². The second kappa shape index (κ2) is 5.93. The zero-order valence-electron chi connectivity index (χ0n) is 10.9. The highest BCUT2D eigenvalue weighted by Gasteiger charge is 2.22. The average Bonchev–Trinajstić information content (AvgIpc) is 2.70. The SMILES string of the molecule is Cc1cc(S(=O)(=O)NC(C)c2ccccc2F)sc1Br. The van der Waals surface area contributed by atoms with Crippen LogP contribution < -0.4 is 4.72 Å². The Labute approximate surface area is 130 Å². The molecule has 0 saturated heterocycles. The Kier molecular flexibility index (Phi) is 4.63. The number of sulfonamides is 1. The molecule has 0 amide bonds. The predicted molar refractivity (Wildman–Crippen MR) is 81.9 cm³/mol. The molecule has 0 fully saturated rings. The smallest absolute Gasteiger partial charge is 0.207 e. The van der Waals surface area contributed by atoms with Crippen LogP contribution >= 0.6 is 27.3 Å². The number of halogens is 2. The minimum atomic E-state index is -3.65. The first-order chi connectivity index (χ1) is 9.31. The summed E-state index contributed by atoms with van der Waals surface area (Å²) < 4.78 is 41.6. The number of hydrogen-bond donors (Lipinski definition) is 1. The van der Waals surface area contributed by atoms with Crippen LogP contribution in [0.1, 0.15) is 24.1 Å². The van der Waals surface area contributed by atoms with Crippen LogP contribution in [0.3, 0.4) is 0 Å². The molecule has 0 aliphatic heterocycles. The number of benzene rings is 1. The van der Waals surface area contributed by atoms with E-state index in [2.05, 4.69) is 20.7 Å². The lowest BCUT2D eigenvalue weighted by atomic mass is 10.1. The van der Waals surface area contributed by atoms with Crippen molar-refractivity contribution in [1.82, 2.24) is 4.72 Å². The summed E-state index contributed by atoms with van der Waals surface area (Å²) >= 11 is 4.43. The van der Waals surface area contributed by atoms with Crippen LogP contribution in [0, 0.1) is 12.7 Å². The second-order valence-corrected chi connectivity index (χ2v) is 8.70. The van der Waals surface area contributed by atoms with Gasteiger partial charge in [-0.25, -0.2) is 17.5 Å². The quantitative estimate of drug-likeness (QED) is 0.874. The highest BCUT2D eigenvalue weighted by atomic mass is 79.9. The molecule has 2 aromatic rings. The molecule has 0 spiro atoms. The molecule has 1 N–H and O–H groups in total. The maximum atomic E-state index is 13.6. The Bertz CT molecular complexity index is 708. The molecule has 3 nitrogen and oxygen atoms in total. The maximum Gasteiger partial charge on any atom is 0.250 e. The van der Waals surface area contributed by atoms with E-state index < -0.39 is 21.9 Å². The van der Waals surface area contributed by atoms with Gasteiger partial charge in [-0.05, 0) is 47.5 Å². The van der Waals surface area contributed by atoms with Crippen molar-refractivity contribution in [2.24, 2.45) is 0 Å². The number of aryl methyl sites for hydroxylation is 1. The van der Waals surface area contributed by atoms with Crippen LogP contribution in [0.25, 0.3) is 0 Å². The van der Waals surface area contributed by atoms with Gasteiger partial charge in [0.1, 0.15) is 10.0 Å². The highest BCUT2D eigenvalue weighted by molar-refractivity contribution is 9.11. The minimum absolute atomic E-state index is 0.213. The van der Waals surface area contributed by atoms with Crippen LogP contribution in [0.4, 0.5) is 4.39 Å². The minimum Gasteiger partial charge on any atom is -0.207 e. The summed E-state index contributed by atoms with van der Waals surface area (Å²) in [6, 6.07) is 7.08. The van der Waals surface area contributed by atoms with Gasteiger partial charge in [0.2, 0.25) is 0 Å². The van der Waals surface area contributed by atoms with E-state index in [1.54, 1.807) is 31.2 Å². The molecule has 0 aliphatic carbocycles. The van der Waals surface area contributed by atoms with Gasteiger partial charge in [0.05, 0.1) is 3.79 Å². The first-order valence-corrected chi connectivity index (χ1v) is 8.93. The third kappa shape index (κ3) is 3.28. The van der Waals surface area contributed by atoms with Crippen molar-refractivity contribution in [1.29, 1.82) is 0 Å². The van der Waals surface area contributed by atoms with E-state index in [1.165, 1.54) is 6.07 Å². The van der Waals surface area contributed by atoms with E-state index in [0.29, 0.717) is 5.56 Å². The molecule has 0 aliphatic rings. The van der Waals surface area contributed by atoms with E-state index in [1.807, 2.05) is 6.92 Å². The summed E-state index contributed by atoms with van der Waals surface area (Å²) in [5.74, 6) is -0.425. The Balaban J connectivity index is 2.27. The summed E-state index contributed by atoms with van der Waals surface area (Å²) in [5, 5.41) is 0. The van der Waals surface area contributed by atoms with E-state index >= 15 is 0 Å². The molecular weight excluding hydrogens is 365 g/mol. The fraction of sp³-hybridized carbons (Fsp3) is 0.231. The lowest BCUT2D eigenvalue weighted by molar-refractivity contribution is 0.551. The molecule has 20 heavy (non-hydrogen) atoms. The molecule has 0 bridgehead atoms. The molecule has 1 unspecified atom stereocenters. The molecule has 1 atom stereocenters. The first-order valence-electron chi connectivity index (χ1n) is 5.84. The molecule has 2 rings (SSSR count). The van der Waals surface area contributed by atoms with Gasteiger partial charge >= 0.3 is 0 Å². The van der Waals surface area contributed by atoms with Crippen molar-refractivity contribution in [2.45, 2.75) is 24.1 Å². The monoisotopic (exact) mass is 377 g/mol. The van der Waals surface area contributed by atoms with Gasteiger partial charge in [-0.2, -0.15) is 0 Å². The molecule has 0 radical (unpaired) electrons. The molecular formula is C13H13BrFNO2S2. The van der Waals surface area contributed by atoms with Crippen LogP contribution in [0.15, 0.2) is 38.3 Å². The van der Waals surface area contributed by atoms with Crippen molar-refractivity contribution >= 4 is 37.3 Å². The fourth-order valence-corrected chi connectivity index (χ4v) is 5.21. The standard InChI is InChI=1S/C13H13BrFNO2S2/c1-8-7-12(19-13(8)14)20(17,18)16-9(2)10-5-3-4-6-11(10)15/h3-7,9,16H,1-2H3. The molecule has 0 saturated carbocycles. The van der Waals surface area contributed by atoms with Gasteiger partial charge in [-0.15, -0.1) is 11.3 Å². The van der Waals surface area contributed by atoms with Crippen molar-refractivity contribution in [3.63, 3.8) is 0 Å². The maximum absolute atomic E-state index is 13.6. The Morgan fingerprint density at radius 2 is 2.00 bits per heavy atom. The average molecular weight is 378 g/mol. The second-order valence-electron chi connectivity index (χ2n) is 4.39. The largest absolute Gasteiger partial charge is 0.250 e. The molecule has 1 aromatic heterocycles. The third-order valence-electron chi connectivity index (χ3n) is 2.80. The van der Waals surface area contributed by atoms with Crippen molar-refractivity contribution in [3.05, 3.63) is 51.1 Å². The summed E-state index contributed by atoms with van der Waals surface area (Å²) in [4.78, 5) is 0. The molecule has 1 aromatic carbocycles. The zero-order chi connectivity index (χ0) is 14.9. The normalized spacial score (nSPS) is 13.4. The topological polar surface area (TPSA) is 46.2 Å². The number of rotatable bonds is 4. The first kappa shape index (κ1) is 15.6. The van der Waals surface area contributed by atoms with E-state index in [-0.39, 0.29) is 4.21 Å². The van der Waals surface area contributed by atoms with Gasteiger partial charge in [0.25, 0.3) is 10.0 Å². The van der Waals surface area contributed by atoms with Crippen molar-refractivity contribution < 1.29 is 12.8 Å². The fourth-order valence-electron chi connectivity index (χ4n) is 1.74. The van der Waals surface area contributed by atoms with E-state index in [0.717, 1.165) is 20.7 Å². The number of thiophene rings is 1. The lowest BCUT2D eigenvalue weighted by Crippen LogP contribution is -2.26. The number of nitrogens with one attached hydrogen (secondary N) is 1. The van der Waals surface area contributed by atoms with Gasteiger partial charge < -0.3 is 0 Å². The molecule has 108 valence electrons. The zero-order valence-corrected chi connectivity index (χ0v) is 14.1. The van der Waals surface area contributed by atoms with Gasteiger partial charge in [0.15, 0.2) is 0 Å². The van der Waals surface area contributed by atoms with Crippen molar-refractivity contribution in [3.8, 4) is 0 Å². The molecule has 1 heterocycles. The summed E-state index contributed by atoms with van der Waals surface area (Å²) in [7, 11) is -3.65. The predicted octanol–water partition coefficient (Wildman–Crippen LogP) is 4.00.